The number of H-pyrrole nitrogens is 1. The van der Waals surface area contributed by atoms with Crippen LogP contribution < -0.4 is 5.32 Å². The Labute approximate surface area is 136 Å². The van der Waals surface area contributed by atoms with Crippen LogP contribution in [0.2, 0.25) is 0 Å². The number of aromatic nitrogens is 1. The Morgan fingerprint density at radius 3 is 2.70 bits per heavy atom. The molecule has 0 unspecified atom stereocenters. The minimum absolute atomic E-state index is 0.792. The van der Waals surface area contributed by atoms with Crippen molar-refractivity contribution in [1.29, 1.82) is 0 Å². The van der Waals surface area contributed by atoms with Gasteiger partial charge in [0.25, 0.3) is 0 Å². The van der Waals surface area contributed by atoms with Gasteiger partial charge >= 0.3 is 0 Å². The van der Waals surface area contributed by atoms with Crippen LogP contribution in [0.5, 0.6) is 0 Å². The number of fused-ring (bicyclic) bond motifs is 1. The fourth-order valence-electron chi connectivity index (χ4n) is 2.69. The molecule has 0 saturated heterocycles. The maximum Gasteiger partial charge on any atom is 0.142 e. The number of allylic oxidation sites excluding steroid dienone is 1. The molecule has 1 aromatic heterocycles. The molecule has 3 aromatic rings. The first kappa shape index (κ1) is 15.3. The quantitative estimate of drug-likeness (QED) is 0.397. The molecule has 0 radical (unpaired) electrons. The molecule has 3 heteroatoms. The molecule has 0 bridgehead atoms. The summed E-state index contributed by atoms with van der Waals surface area (Å²) in [4.78, 5) is 13.6. The maximum absolute atomic E-state index is 10.3. The van der Waals surface area contributed by atoms with E-state index in [1.807, 2.05) is 12.1 Å². The second kappa shape index (κ2) is 7.56. The van der Waals surface area contributed by atoms with Gasteiger partial charge in [0.1, 0.15) is 6.29 Å². The molecular formula is C20H20N2O. The van der Waals surface area contributed by atoms with Crippen molar-refractivity contribution in [2.45, 2.75) is 13.0 Å². The van der Waals surface area contributed by atoms with E-state index in [1.54, 1.807) is 6.08 Å². The van der Waals surface area contributed by atoms with E-state index in [4.69, 9.17) is 0 Å². The van der Waals surface area contributed by atoms with E-state index >= 15 is 0 Å². The third kappa shape index (κ3) is 3.96. The lowest BCUT2D eigenvalue weighted by Gasteiger charge is -2.05. The lowest BCUT2D eigenvalue weighted by Crippen LogP contribution is -2.16. The van der Waals surface area contributed by atoms with Crippen LogP contribution in [0, 0.1) is 0 Å². The molecule has 3 nitrogen and oxygen atoms in total. The van der Waals surface area contributed by atoms with Crippen LogP contribution in [-0.2, 0) is 17.8 Å². The summed E-state index contributed by atoms with van der Waals surface area (Å²) in [6, 6.07) is 16.6. The predicted molar refractivity (Wildman–Crippen MR) is 95.2 cm³/mol. The Morgan fingerprint density at radius 1 is 1.04 bits per heavy atom. The highest BCUT2D eigenvalue weighted by Crippen LogP contribution is 2.17. The molecule has 0 aliphatic rings. The van der Waals surface area contributed by atoms with Gasteiger partial charge < -0.3 is 10.3 Å². The van der Waals surface area contributed by atoms with Crippen molar-refractivity contribution < 1.29 is 4.79 Å². The van der Waals surface area contributed by atoms with Crippen molar-refractivity contribution in [3.63, 3.8) is 0 Å². The van der Waals surface area contributed by atoms with E-state index in [0.29, 0.717) is 0 Å². The van der Waals surface area contributed by atoms with E-state index in [1.165, 1.54) is 28.1 Å². The van der Waals surface area contributed by atoms with Crippen LogP contribution in [0.25, 0.3) is 17.0 Å². The number of para-hydroxylation sites is 1. The normalized spacial score (nSPS) is 11.3. The highest BCUT2D eigenvalue weighted by Gasteiger charge is 2.02. The molecule has 1 heterocycles. The molecule has 0 spiro atoms. The number of carbonyl (C=O) groups is 1. The van der Waals surface area contributed by atoms with E-state index in [2.05, 4.69) is 52.9 Å². The van der Waals surface area contributed by atoms with Crippen LogP contribution in [0.15, 0.2) is 60.8 Å². The molecule has 3 rings (SSSR count). The van der Waals surface area contributed by atoms with Crippen LogP contribution in [0.4, 0.5) is 0 Å². The minimum atomic E-state index is 0.792. The fraction of sp³-hybridized carbons (Fsp3) is 0.150. The molecule has 0 atom stereocenters. The zero-order valence-electron chi connectivity index (χ0n) is 13.0. The summed E-state index contributed by atoms with van der Waals surface area (Å²) in [5.74, 6) is 0. The maximum atomic E-state index is 10.3. The molecule has 2 N–H and O–H groups in total. The number of carbonyl (C=O) groups excluding carboxylic acids is 1. The van der Waals surface area contributed by atoms with Crippen LogP contribution in [0.1, 0.15) is 16.7 Å². The predicted octanol–water partition coefficient (Wildman–Crippen LogP) is 3.71. The first-order valence-electron chi connectivity index (χ1n) is 7.83. The summed E-state index contributed by atoms with van der Waals surface area (Å²) < 4.78 is 0. The molecular weight excluding hydrogens is 284 g/mol. The molecule has 116 valence electrons. The number of benzene rings is 2. The van der Waals surface area contributed by atoms with Crippen LogP contribution in [-0.4, -0.2) is 17.8 Å². The van der Waals surface area contributed by atoms with Crippen molar-refractivity contribution in [1.82, 2.24) is 10.3 Å². The van der Waals surface area contributed by atoms with Gasteiger partial charge in [-0.25, -0.2) is 0 Å². The molecule has 0 saturated carbocycles. The third-order valence-electron chi connectivity index (χ3n) is 3.92. The summed E-state index contributed by atoms with van der Waals surface area (Å²) in [6.45, 7) is 1.79. The zero-order valence-corrected chi connectivity index (χ0v) is 13.0. The summed E-state index contributed by atoms with van der Waals surface area (Å²) in [7, 11) is 0. The van der Waals surface area contributed by atoms with E-state index in [9.17, 15) is 4.79 Å². The van der Waals surface area contributed by atoms with Gasteiger partial charge in [-0.05, 0) is 41.8 Å². The van der Waals surface area contributed by atoms with Gasteiger partial charge in [0.05, 0.1) is 0 Å². The fourth-order valence-corrected chi connectivity index (χ4v) is 2.69. The van der Waals surface area contributed by atoms with Gasteiger partial charge in [-0.2, -0.15) is 0 Å². The van der Waals surface area contributed by atoms with Crippen molar-refractivity contribution in [3.8, 4) is 0 Å². The van der Waals surface area contributed by atoms with Gasteiger partial charge in [0, 0.05) is 23.6 Å². The number of aromatic amines is 1. The van der Waals surface area contributed by atoms with E-state index < -0.39 is 0 Å². The first-order chi connectivity index (χ1) is 11.4. The molecule has 2 aromatic carbocycles. The van der Waals surface area contributed by atoms with Gasteiger partial charge in [-0.15, -0.1) is 0 Å². The molecule has 0 fully saturated rings. The SMILES string of the molecule is O=C/C=C/c1ccc(CNCCc2c[nH]c3ccccc23)cc1. The zero-order chi connectivity index (χ0) is 15.9. The Bertz CT molecular complexity index is 800. The minimum Gasteiger partial charge on any atom is -0.361 e. The average molecular weight is 304 g/mol. The third-order valence-corrected chi connectivity index (χ3v) is 3.92. The number of hydrogen-bond acceptors (Lipinski definition) is 2. The van der Waals surface area contributed by atoms with E-state index in [-0.39, 0.29) is 0 Å². The number of aldehydes is 1. The monoisotopic (exact) mass is 304 g/mol. The van der Waals surface area contributed by atoms with Crippen molar-refractivity contribution in [3.05, 3.63) is 77.5 Å². The summed E-state index contributed by atoms with van der Waals surface area (Å²) in [5, 5.41) is 4.79. The van der Waals surface area contributed by atoms with Crippen molar-refractivity contribution in [2.24, 2.45) is 0 Å². The highest BCUT2D eigenvalue weighted by atomic mass is 16.1. The highest BCUT2D eigenvalue weighted by molar-refractivity contribution is 5.83. The second-order valence-corrected chi connectivity index (χ2v) is 5.52. The number of rotatable bonds is 7. The van der Waals surface area contributed by atoms with Gasteiger partial charge in [-0.1, -0.05) is 48.5 Å². The van der Waals surface area contributed by atoms with Crippen LogP contribution in [0.3, 0.4) is 0 Å². The topological polar surface area (TPSA) is 44.9 Å². The Hall–Kier alpha value is -2.65. The van der Waals surface area contributed by atoms with Gasteiger partial charge in [-0.3, -0.25) is 4.79 Å². The van der Waals surface area contributed by atoms with E-state index in [0.717, 1.165) is 31.4 Å². The Balaban J connectivity index is 1.50. The summed E-state index contributed by atoms with van der Waals surface area (Å²) >= 11 is 0. The smallest absolute Gasteiger partial charge is 0.142 e. The van der Waals surface area contributed by atoms with Crippen molar-refractivity contribution >= 4 is 23.3 Å². The number of nitrogens with one attached hydrogen (secondary N) is 2. The molecule has 0 amide bonds. The summed E-state index contributed by atoms with van der Waals surface area (Å²) in [5.41, 5.74) is 4.83. The summed E-state index contributed by atoms with van der Waals surface area (Å²) in [6.07, 6.45) is 7.21. The average Bonchev–Trinajstić information content (AvgIpc) is 3.01. The second-order valence-electron chi connectivity index (χ2n) is 5.52. The first-order valence-corrected chi connectivity index (χ1v) is 7.83. The molecule has 23 heavy (non-hydrogen) atoms. The largest absolute Gasteiger partial charge is 0.361 e. The van der Waals surface area contributed by atoms with Crippen LogP contribution >= 0.6 is 0 Å². The molecule has 0 aliphatic carbocycles. The van der Waals surface area contributed by atoms with Crippen molar-refractivity contribution in [2.75, 3.05) is 6.54 Å². The standard InChI is InChI=1S/C20H20N2O/c23-13-3-4-16-7-9-17(10-8-16)14-21-12-11-18-15-22-20-6-2-1-5-19(18)20/h1-10,13,15,21-22H,11-12,14H2/b4-3+. The molecule has 0 aliphatic heterocycles. The number of hydrogen-bond donors (Lipinski definition) is 2. The van der Waals surface area contributed by atoms with Gasteiger partial charge in [0.2, 0.25) is 0 Å². The Kier molecular flexibility index (Phi) is 5.02. The lowest BCUT2D eigenvalue weighted by atomic mass is 10.1. The lowest BCUT2D eigenvalue weighted by molar-refractivity contribution is -0.104. The Morgan fingerprint density at radius 2 is 1.87 bits per heavy atom. The van der Waals surface area contributed by atoms with Gasteiger partial charge in [0.15, 0.2) is 0 Å².